The fourth-order valence-corrected chi connectivity index (χ4v) is 2.59. The van der Waals surface area contributed by atoms with Crippen LogP contribution in [0.4, 0.5) is 0 Å². The summed E-state index contributed by atoms with van der Waals surface area (Å²) in [6.07, 6.45) is 1.70. The van der Waals surface area contributed by atoms with Crippen LogP contribution in [-0.2, 0) is 4.79 Å². The van der Waals surface area contributed by atoms with Crippen LogP contribution < -0.4 is 16.0 Å². The van der Waals surface area contributed by atoms with E-state index in [9.17, 15) is 9.59 Å². The van der Waals surface area contributed by atoms with Crippen LogP contribution in [0.1, 0.15) is 5.56 Å². The van der Waals surface area contributed by atoms with Crippen molar-refractivity contribution in [3.05, 3.63) is 76.9 Å². The first-order valence-corrected chi connectivity index (χ1v) is 7.35. The molecule has 0 radical (unpaired) electrons. The number of aryl methyl sites for hydroxylation is 1. The second-order valence-electron chi connectivity index (χ2n) is 5.44. The van der Waals surface area contributed by atoms with Crippen molar-refractivity contribution in [2.45, 2.75) is 6.92 Å². The van der Waals surface area contributed by atoms with Gasteiger partial charge in [-0.15, -0.1) is 0 Å². The van der Waals surface area contributed by atoms with E-state index in [1.54, 1.807) is 24.4 Å². The number of aromatic amines is 1. The third-order valence-corrected chi connectivity index (χ3v) is 3.82. The Kier molecular flexibility index (Phi) is 3.92. The number of H-pyrrole nitrogens is 1. The third kappa shape index (κ3) is 2.79. The summed E-state index contributed by atoms with van der Waals surface area (Å²) in [5, 5.41) is 1.26. The van der Waals surface area contributed by atoms with Crippen molar-refractivity contribution in [1.82, 2.24) is 4.98 Å². The van der Waals surface area contributed by atoms with E-state index in [0.29, 0.717) is 11.1 Å². The molecule has 0 atom stereocenters. The highest BCUT2D eigenvalue weighted by Gasteiger charge is 2.11. The molecule has 0 saturated carbocycles. The van der Waals surface area contributed by atoms with Gasteiger partial charge >= 0.3 is 0 Å². The zero-order chi connectivity index (χ0) is 17.3. The van der Waals surface area contributed by atoms with Gasteiger partial charge in [-0.05, 0) is 41.6 Å². The molecule has 24 heavy (non-hydrogen) atoms. The molecule has 1 aromatic heterocycles. The number of hydrogen-bond donors (Lipinski definition) is 2. The first kappa shape index (κ1) is 15.6. The molecule has 0 spiro atoms. The van der Waals surface area contributed by atoms with E-state index < -0.39 is 5.91 Å². The van der Waals surface area contributed by atoms with Crippen LogP contribution in [-0.4, -0.2) is 10.9 Å². The van der Waals surface area contributed by atoms with Gasteiger partial charge in [-0.3, -0.25) is 9.59 Å². The molecular formula is C19H16N2O3. The van der Waals surface area contributed by atoms with E-state index in [1.165, 1.54) is 0 Å². The molecule has 1 heterocycles. The van der Waals surface area contributed by atoms with Crippen molar-refractivity contribution in [1.29, 1.82) is 0 Å². The Bertz CT molecular complexity index is 1020. The van der Waals surface area contributed by atoms with Gasteiger partial charge in [0, 0.05) is 11.8 Å². The van der Waals surface area contributed by atoms with Gasteiger partial charge in [-0.2, -0.15) is 0 Å². The first-order valence-electron chi connectivity index (χ1n) is 7.35. The summed E-state index contributed by atoms with van der Waals surface area (Å²) in [5.74, 6) is -0.600. The Morgan fingerprint density at radius 3 is 2.58 bits per heavy atom. The predicted octanol–water partition coefficient (Wildman–Crippen LogP) is 2.88. The summed E-state index contributed by atoms with van der Waals surface area (Å²) >= 11 is 0. The lowest BCUT2D eigenvalue weighted by Crippen LogP contribution is -2.17. The Balaban J connectivity index is 2.17. The number of fused-ring (bicyclic) bond motifs is 1. The minimum absolute atomic E-state index is 0.180. The molecule has 0 unspecified atom stereocenters. The van der Waals surface area contributed by atoms with Gasteiger partial charge < -0.3 is 15.5 Å². The molecule has 0 saturated heterocycles. The number of carbonyl (C=O) groups is 1. The maximum absolute atomic E-state index is 12.2. The number of carbonyl (C=O) groups excluding carboxylic acids is 1. The summed E-state index contributed by atoms with van der Waals surface area (Å²) in [6.45, 7) is 5.46. The molecule has 3 aromatic rings. The zero-order valence-electron chi connectivity index (χ0n) is 13.1. The number of primary amides is 1. The van der Waals surface area contributed by atoms with Gasteiger partial charge in [0.2, 0.25) is 0 Å². The Hall–Kier alpha value is -3.34. The van der Waals surface area contributed by atoms with E-state index in [-0.39, 0.29) is 11.3 Å². The fraction of sp³-hybridized carbons (Fsp3) is 0.0526. The second-order valence-corrected chi connectivity index (χ2v) is 5.44. The average molecular weight is 320 g/mol. The van der Waals surface area contributed by atoms with Crippen LogP contribution in [0.3, 0.4) is 0 Å². The van der Waals surface area contributed by atoms with Crippen LogP contribution in [0.2, 0.25) is 0 Å². The molecule has 0 aliphatic carbocycles. The summed E-state index contributed by atoms with van der Waals surface area (Å²) in [6, 6.07) is 13.0. The largest absolute Gasteiger partial charge is 0.452 e. The van der Waals surface area contributed by atoms with Crippen molar-refractivity contribution in [2.24, 2.45) is 5.73 Å². The number of aromatic nitrogens is 1. The molecule has 3 rings (SSSR count). The Morgan fingerprint density at radius 2 is 1.88 bits per heavy atom. The lowest BCUT2D eigenvalue weighted by Gasteiger charge is -2.11. The number of ether oxygens (including phenoxy) is 1. The van der Waals surface area contributed by atoms with Gasteiger partial charge in [0.25, 0.3) is 11.5 Å². The van der Waals surface area contributed by atoms with Crippen LogP contribution in [0.25, 0.3) is 21.9 Å². The highest BCUT2D eigenvalue weighted by molar-refractivity contribution is 5.97. The first-order chi connectivity index (χ1) is 11.5. The summed E-state index contributed by atoms with van der Waals surface area (Å²) in [7, 11) is 0. The second kappa shape index (κ2) is 6.04. The van der Waals surface area contributed by atoms with Crippen LogP contribution in [0, 0.1) is 6.92 Å². The average Bonchev–Trinajstić information content (AvgIpc) is 2.56. The van der Waals surface area contributed by atoms with E-state index in [4.69, 9.17) is 10.5 Å². The molecule has 0 bridgehead atoms. The van der Waals surface area contributed by atoms with Crippen LogP contribution in [0.15, 0.2) is 65.8 Å². The molecule has 120 valence electrons. The van der Waals surface area contributed by atoms with Crippen molar-refractivity contribution in [3.8, 4) is 16.9 Å². The highest BCUT2D eigenvalue weighted by Crippen LogP contribution is 2.30. The van der Waals surface area contributed by atoms with E-state index >= 15 is 0 Å². The molecule has 5 heteroatoms. The molecule has 5 nitrogen and oxygen atoms in total. The van der Waals surface area contributed by atoms with E-state index in [1.807, 2.05) is 31.2 Å². The zero-order valence-corrected chi connectivity index (χ0v) is 13.1. The third-order valence-electron chi connectivity index (χ3n) is 3.82. The predicted molar refractivity (Wildman–Crippen MR) is 93.7 cm³/mol. The summed E-state index contributed by atoms with van der Waals surface area (Å²) in [5.41, 5.74) is 7.93. The molecule has 0 fully saturated rings. The number of nitrogens with two attached hydrogens (primary N) is 1. The lowest BCUT2D eigenvalue weighted by atomic mass is 9.97. The Morgan fingerprint density at radius 1 is 1.12 bits per heavy atom. The van der Waals surface area contributed by atoms with Crippen molar-refractivity contribution < 1.29 is 9.53 Å². The minimum atomic E-state index is -0.752. The fourth-order valence-electron chi connectivity index (χ4n) is 2.59. The van der Waals surface area contributed by atoms with Gasteiger partial charge in [-0.25, -0.2) is 0 Å². The SMILES string of the molecule is C=C(Oc1ccc2c(-c3ccccc3C)c[nH]c(=O)c2c1)C(N)=O. The molecule has 3 N–H and O–H groups in total. The summed E-state index contributed by atoms with van der Waals surface area (Å²) in [4.78, 5) is 26.0. The van der Waals surface area contributed by atoms with Crippen molar-refractivity contribution in [2.75, 3.05) is 0 Å². The molecule has 1 amide bonds. The molecule has 0 aliphatic heterocycles. The van der Waals surface area contributed by atoms with Crippen LogP contribution in [0.5, 0.6) is 5.75 Å². The molecule has 0 aliphatic rings. The number of nitrogens with one attached hydrogen (secondary N) is 1. The van der Waals surface area contributed by atoms with Crippen LogP contribution >= 0.6 is 0 Å². The normalized spacial score (nSPS) is 10.5. The topological polar surface area (TPSA) is 85.2 Å². The number of benzene rings is 2. The Labute approximate surface area is 138 Å². The quantitative estimate of drug-likeness (QED) is 0.572. The highest BCUT2D eigenvalue weighted by atomic mass is 16.5. The number of pyridine rings is 1. The number of amides is 1. The van der Waals surface area contributed by atoms with Gasteiger partial charge in [-0.1, -0.05) is 30.8 Å². The van der Waals surface area contributed by atoms with Gasteiger partial charge in [0.15, 0.2) is 5.76 Å². The molecular weight excluding hydrogens is 304 g/mol. The van der Waals surface area contributed by atoms with Gasteiger partial charge in [0.05, 0.1) is 5.39 Å². The van der Waals surface area contributed by atoms with E-state index in [0.717, 1.165) is 22.1 Å². The van der Waals surface area contributed by atoms with Crippen molar-refractivity contribution >= 4 is 16.7 Å². The van der Waals surface area contributed by atoms with Crippen molar-refractivity contribution in [3.63, 3.8) is 0 Å². The minimum Gasteiger partial charge on any atom is -0.452 e. The van der Waals surface area contributed by atoms with Gasteiger partial charge in [0.1, 0.15) is 5.75 Å². The van der Waals surface area contributed by atoms with E-state index in [2.05, 4.69) is 11.6 Å². The molecule has 2 aromatic carbocycles. The smallest absolute Gasteiger partial charge is 0.283 e. The summed E-state index contributed by atoms with van der Waals surface area (Å²) < 4.78 is 5.29. The number of rotatable bonds is 4. The monoisotopic (exact) mass is 320 g/mol. The lowest BCUT2D eigenvalue weighted by molar-refractivity contribution is -0.116. The number of hydrogen-bond acceptors (Lipinski definition) is 3. The maximum Gasteiger partial charge on any atom is 0.283 e. The maximum atomic E-state index is 12.2. The standard InChI is InChI=1S/C19H16N2O3/c1-11-5-3-4-6-14(11)17-10-21-19(23)16-9-13(7-8-15(16)17)24-12(2)18(20)22/h3-10H,2H2,1H3,(H2,20,22)(H,21,23).